The van der Waals surface area contributed by atoms with Crippen LogP contribution in [0, 0.1) is 17.0 Å². The summed E-state index contributed by atoms with van der Waals surface area (Å²) in [5.74, 6) is -0.242. The van der Waals surface area contributed by atoms with Crippen molar-refractivity contribution in [2.24, 2.45) is 0 Å². The highest BCUT2D eigenvalue weighted by molar-refractivity contribution is 6.35. The molecule has 5 nitrogen and oxygen atoms in total. The summed E-state index contributed by atoms with van der Waals surface area (Å²) in [6.45, 7) is 1.94. The third-order valence-corrected chi connectivity index (χ3v) is 3.39. The summed E-state index contributed by atoms with van der Waals surface area (Å²) in [6.07, 6.45) is 1.57. The molecular formula is C16H12N2O3. The second kappa shape index (κ2) is 4.86. The third-order valence-electron chi connectivity index (χ3n) is 3.39. The number of amides is 1. The average molecular weight is 280 g/mol. The first-order chi connectivity index (χ1) is 10.1. The van der Waals surface area contributed by atoms with E-state index >= 15 is 0 Å². The van der Waals surface area contributed by atoms with Gasteiger partial charge in [0.05, 0.1) is 10.5 Å². The zero-order valence-electron chi connectivity index (χ0n) is 11.3. The fourth-order valence-corrected chi connectivity index (χ4v) is 2.38. The van der Waals surface area contributed by atoms with E-state index in [0.29, 0.717) is 11.1 Å². The maximum absolute atomic E-state index is 12.1. The van der Waals surface area contributed by atoms with E-state index in [1.807, 2.05) is 25.1 Å². The van der Waals surface area contributed by atoms with Gasteiger partial charge >= 0.3 is 0 Å². The van der Waals surface area contributed by atoms with Crippen LogP contribution in [0.15, 0.2) is 42.5 Å². The van der Waals surface area contributed by atoms with E-state index in [-0.39, 0.29) is 11.6 Å². The number of para-hydroxylation sites is 1. The highest BCUT2D eigenvalue weighted by Crippen LogP contribution is 2.34. The minimum atomic E-state index is -0.448. The number of aryl methyl sites for hydroxylation is 1. The highest BCUT2D eigenvalue weighted by Gasteiger charge is 2.25. The van der Waals surface area contributed by atoms with Crippen molar-refractivity contribution in [3.8, 4) is 0 Å². The van der Waals surface area contributed by atoms with Gasteiger partial charge in [0.15, 0.2) is 0 Å². The summed E-state index contributed by atoms with van der Waals surface area (Å²) in [5.41, 5.74) is 3.39. The highest BCUT2D eigenvalue weighted by atomic mass is 16.6. The minimum Gasteiger partial charge on any atom is -0.321 e. The zero-order valence-corrected chi connectivity index (χ0v) is 11.3. The van der Waals surface area contributed by atoms with Gasteiger partial charge in [0.2, 0.25) is 0 Å². The SMILES string of the molecule is Cc1ccc2c(c1)C(=Cc1ccccc1[N+](=O)[O-])C(=O)N2. The molecule has 0 bridgehead atoms. The third kappa shape index (κ3) is 2.29. The molecule has 5 heteroatoms. The number of benzene rings is 2. The van der Waals surface area contributed by atoms with E-state index < -0.39 is 4.92 Å². The molecule has 0 saturated heterocycles. The number of nitrogens with one attached hydrogen (secondary N) is 1. The maximum atomic E-state index is 12.1. The number of carbonyl (C=O) groups excluding carboxylic acids is 1. The number of nitrogens with zero attached hydrogens (tertiary/aromatic N) is 1. The van der Waals surface area contributed by atoms with Crippen molar-refractivity contribution in [1.29, 1.82) is 0 Å². The van der Waals surface area contributed by atoms with Gasteiger partial charge in [0, 0.05) is 22.9 Å². The Balaban J connectivity index is 2.16. The van der Waals surface area contributed by atoms with Crippen molar-refractivity contribution in [3.63, 3.8) is 0 Å². The van der Waals surface area contributed by atoms with Crippen LogP contribution in [0.4, 0.5) is 11.4 Å². The van der Waals surface area contributed by atoms with Crippen LogP contribution in [0.2, 0.25) is 0 Å². The van der Waals surface area contributed by atoms with Crippen LogP contribution >= 0.6 is 0 Å². The van der Waals surface area contributed by atoms with Crippen LogP contribution < -0.4 is 5.32 Å². The van der Waals surface area contributed by atoms with Crippen LogP contribution in [0.25, 0.3) is 11.6 Å². The van der Waals surface area contributed by atoms with E-state index in [9.17, 15) is 14.9 Å². The van der Waals surface area contributed by atoms with E-state index in [0.717, 1.165) is 16.8 Å². The molecule has 0 aromatic heterocycles. The molecule has 0 saturated carbocycles. The van der Waals surface area contributed by atoms with Crippen molar-refractivity contribution in [2.75, 3.05) is 5.32 Å². The Bertz CT molecular complexity index is 794. The lowest BCUT2D eigenvalue weighted by Crippen LogP contribution is -2.03. The lowest BCUT2D eigenvalue weighted by Gasteiger charge is -2.01. The first-order valence-corrected chi connectivity index (χ1v) is 6.44. The van der Waals surface area contributed by atoms with E-state index in [1.54, 1.807) is 24.3 Å². The predicted octanol–water partition coefficient (Wildman–Crippen LogP) is 3.40. The van der Waals surface area contributed by atoms with Gasteiger partial charge in [-0.3, -0.25) is 14.9 Å². The summed E-state index contributed by atoms with van der Waals surface area (Å²) < 4.78 is 0. The summed E-state index contributed by atoms with van der Waals surface area (Å²) in [4.78, 5) is 22.7. The Morgan fingerprint density at radius 1 is 1.19 bits per heavy atom. The van der Waals surface area contributed by atoms with Gasteiger partial charge in [-0.05, 0) is 31.2 Å². The van der Waals surface area contributed by atoms with Crippen LogP contribution in [-0.4, -0.2) is 10.8 Å². The summed E-state index contributed by atoms with van der Waals surface area (Å²) >= 11 is 0. The lowest BCUT2D eigenvalue weighted by atomic mass is 10.0. The fourth-order valence-electron chi connectivity index (χ4n) is 2.38. The molecule has 2 aromatic carbocycles. The van der Waals surface area contributed by atoms with Gasteiger partial charge in [0.25, 0.3) is 11.6 Å². The predicted molar refractivity (Wildman–Crippen MR) is 80.8 cm³/mol. The lowest BCUT2D eigenvalue weighted by molar-refractivity contribution is -0.385. The second-order valence-electron chi connectivity index (χ2n) is 4.88. The van der Waals surface area contributed by atoms with Crippen LogP contribution in [0.5, 0.6) is 0 Å². The Morgan fingerprint density at radius 3 is 2.71 bits per heavy atom. The largest absolute Gasteiger partial charge is 0.321 e. The number of nitro benzene ring substituents is 1. The molecule has 1 aliphatic rings. The van der Waals surface area contributed by atoms with Crippen molar-refractivity contribution in [3.05, 3.63) is 69.3 Å². The van der Waals surface area contributed by atoms with Crippen molar-refractivity contribution in [1.82, 2.24) is 0 Å². The number of hydrogen-bond acceptors (Lipinski definition) is 3. The normalized spacial score (nSPS) is 14.9. The molecule has 104 valence electrons. The summed E-state index contributed by atoms with van der Waals surface area (Å²) in [5, 5.41) is 13.8. The first kappa shape index (κ1) is 13.1. The minimum absolute atomic E-state index is 0.0149. The molecule has 2 aromatic rings. The smallest absolute Gasteiger partial charge is 0.276 e. The molecule has 0 radical (unpaired) electrons. The Kier molecular flexibility index (Phi) is 3.02. The number of hydrogen-bond donors (Lipinski definition) is 1. The molecular weight excluding hydrogens is 268 g/mol. The summed E-state index contributed by atoms with van der Waals surface area (Å²) in [7, 11) is 0. The van der Waals surface area contributed by atoms with Crippen LogP contribution in [0.3, 0.4) is 0 Å². The van der Waals surface area contributed by atoms with Gasteiger partial charge in [-0.2, -0.15) is 0 Å². The monoisotopic (exact) mass is 280 g/mol. The van der Waals surface area contributed by atoms with Gasteiger partial charge in [-0.15, -0.1) is 0 Å². The maximum Gasteiger partial charge on any atom is 0.276 e. The molecule has 1 aliphatic heterocycles. The number of carbonyl (C=O) groups is 1. The van der Waals surface area contributed by atoms with Crippen molar-refractivity contribution in [2.45, 2.75) is 6.92 Å². The Hall–Kier alpha value is -2.95. The van der Waals surface area contributed by atoms with E-state index in [4.69, 9.17) is 0 Å². The van der Waals surface area contributed by atoms with Gasteiger partial charge in [0.1, 0.15) is 0 Å². The van der Waals surface area contributed by atoms with Gasteiger partial charge < -0.3 is 5.32 Å². The zero-order chi connectivity index (χ0) is 15.0. The van der Waals surface area contributed by atoms with Crippen molar-refractivity contribution >= 4 is 28.9 Å². The number of anilines is 1. The Labute approximate surface area is 121 Å². The molecule has 3 rings (SSSR count). The second-order valence-corrected chi connectivity index (χ2v) is 4.88. The molecule has 1 N–H and O–H groups in total. The number of nitro groups is 1. The molecule has 0 spiro atoms. The fraction of sp³-hybridized carbons (Fsp3) is 0.0625. The molecule has 1 heterocycles. The molecule has 0 atom stereocenters. The van der Waals surface area contributed by atoms with Crippen LogP contribution in [0.1, 0.15) is 16.7 Å². The molecule has 0 aliphatic carbocycles. The topological polar surface area (TPSA) is 72.2 Å². The summed E-state index contributed by atoms with van der Waals surface area (Å²) in [6, 6.07) is 12.0. The number of rotatable bonds is 2. The standard InChI is InChI=1S/C16H12N2O3/c1-10-6-7-14-12(8-10)13(16(19)17-14)9-11-4-2-3-5-15(11)18(20)21/h2-9H,1H3,(H,17,19). The van der Waals surface area contributed by atoms with E-state index in [1.165, 1.54) is 6.07 Å². The van der Waals surface area contributed by atoms with Crippen LogP contribution in [-0.2, 0) is 4.79 Å². The molecule has 21 heavy (non-hydrogen) atoms. The average Bonchev–Trinajstić information content (AvgIpc) is 2.75. The molecule has 0 fully saturated rings. The van der Waals surface area contributed by atoms with Crippen molar-refractivity contribution < 1.29 is 9.72 Å². The molecule has 1 amide bonds. The van der Waals surface area contributed by atoms with Gasteiger partial charge in [-0.25, -0.2) is 0 Å². The molecule has 0 unspecified atom stereocenters. The van der Waals surface area contributed by atoms with E-state index in [2.05, 4.69) is 5.32 Å². The quantitative estimate of drug-likeness (QED) is 0.520. The first-order valence-electron chi connectivity index (χ1n) is 6.44. The van der Waals surface area contributed by atoms with Gasteiger partial charge in [-0.1, -0.05) is 23.8 Å². The number of fused-ring (bicyclic) bond motifs is 1. The Morgan fingerprint density at radius 2 is 1.95 bits per heavy atom.